The van der Waals surface area contributed by atoms with Gasteiger partial charge in [0.05, 0.1) is 32.1 Å². The Labute approximate surface area is 142 Å². The van der Waals surface area contributed by atoms with Crippen LogP contribution in [0, 0.1) is 5.92 Å². The summed E-state index contributed by atoms with van der Waals surface area (Å²) in [5.74, 6) is 1.60. The van der Waals surface area contributed by atoms with E-state index in [-0.39, 0.29) is 0 Å². The van der Waals surface area contributed by atoms with E-state index >= 15 is 0 Å². The molecule has 0 amide bonds. The van der Waals surface area contributed by atoms with Crippen LogP contribution in [0.5, 0.6) is 0 Å². The minimum Gasteiger partial charge on any atom is -0.468 e. The molecular formula is C19H24N2O3. The fraction of sp³-hybridized carbons (Fsp3) is 0.526. The van der Waals surface area contributed by atoms with Crippen LogP contribution in [0.3, 0.4) is 0 Å². The molecule has 2 aromatic rings. The highest BCUT2D eigenvalue weighted by atomic mass is 16.5. The fourth-order valence-electron chi connectivity index (χ4n) is 3.88. The van der Waals surface area contributed by atoms with Crippen LogP contribution in [0.25, 0.3) is 0 Å². The first-order valence-electron chi connectivity index (χ1n) is 8.73. The largest absolute Gasteiger partial charge is 0.468 e. The highest BCUT2D eigenvalue weighted by molar-refractivity contribution is 5.08. The van der Waals surface area contributed by atoms with Crippen molar-refractivity contribution in [3.8, 4) is 0 Å². The van der Waals surface area contributed by atoms with Crippen molar-refractivity contribution in [2.75, 3.05) is 19.8 Å². The van der Waals surface area contributed by atoms with Gasteiger partial charge in [-0.1, -0.05) is 0 Å². The summed E-state index contributed by atoms with van der Waals surface area (Å²) in [5.41, 5.74) is 1.18. The number of morpholine rings is 1. The normalized spacial score (nSPS) is 27.2. The number of hydrogen-bond acceptors (Lipinski definition) is 5. The van der Waals surface area contributed by atoms with Crippen LogP contribution in [0.4, 0.5) is 0 Å². The van der Waals surface area contributed by atoms with E-state index in [1.54, 1.807) is 6.26 Å². The summed E-state index contributed by atoms with van der Waals surface area (Å²) < 4.78 is 17.5. The molecule has 128 valence electrons. The first kappa shape index (κ1) is 15.8. The average Bonchev–Trinajstić information content (AvgIpc) is 3.26. The quantitative estimate of drug-likeness (QED) is 0.816. The summed E-state index contributed by atoms with van der Waals surface area (Å²) in [7, 11) is 0. The number of aromatic nitrogens is 1. The molecule has 1 aliphatic carbocycles. The van der Waals surface area contributed by atoms with Gasteiger partial charge in [-0.05, 0) is 48.6 Å². The number of rotatable bonds is 6. The molecule has 24 heavy (non-hydrogen) atoms. The van der Waals surface area contributed by atoms with Gasteiger partial charge in [0, 0.05) is 31.6 Å². The van der Waals surface area contributed by atoms with E-state index < -0.39 is 0 Å². The van der Waals surface area contributed by atoms with E-state index in [9.17, 15) is 0 Å². The molecule has 1 aliphatic heterocycles. The third kappa shape index (κ3) is 3.69. The minimum absolute atomic E-state index is 0.336. The van der Waals surface area contributed by atoms with Crippen molar-refractivity contribution in [3.05, 3.63) is 54.2 Å². The molecule has 2 fully saturated rings. The van der Waals surface area contributed by atoms with Gasteiger partial charge in [0.15, 0.2) is 0 Å². The Morgan fingerprint density at radius 2 is 2.12 bits per heavy atom. The van der Waals surface area contributed by atoms with Crippen LogP contribution < -0.4 is 0 Å². The summed E-state index contributed by atoms with van der Waals surface area (Å²) in [6, 6.07) is 8.50. The SMILES string of the molecule is c1coc(CN2CCOC3CC(COCc4ccncc4)CC32)c1. The molecule has 0 bridgehead atoms. The van der Waals surface area contributed by atoms with Crippen LogP contribution in [0.1, 0.15) is 24.2 Å². The standard InChI is InChI=1S/C19H24N2O3/c1-2-17(23-8-1)12-21-7-9-24-19-11-16(10-18(19)21)14-22-13-15-3-5-20-6-4-15/h1-6,8,16,18-19H,7,9-14H2. The second-order valence-corrected chi connectivity index (χ2v) is 6.73. The molecule has 0 N–H and O–H groups in total. The van der Waals surface area contributed by atoms with Crippen LogP contribution in [0.15, 0.2) is 47.3 Å². The zero-order valence-electron chi connectivity index (χ0n) is 13.8. The summed E-state index contributed by atoms with van der Waals surface area (Å²) in [4.78, 5) is 6.54. The fourth-order valence-corrected chi connectivity index (χ4v) is 3.88. The molecule has 2 aliphatic rings. The lowest BCUT2D eigenvalue weighted by Crippen LogP contribution is -2.47. The third-order valence-electron chi connectivity index (χ3n) is 5.06. The lowest BCUT2D eigenvalue weighted by molar-refractivity contribution is -0.0609. The van der Waals surface area contributed by atoms with Crippen LogP contribution in [0.2, 0.25) is 0 Å². The van der Waals surface area contributed by atoms with Gasteiger partial charge in [-0.25, -0.2) is 0 Å². The van der Waals surface area contributed by atoms with E-state index in [0.29, 0.717) is 24.7 Å². The van der Waals surface area contributed by atoms with Crippen molar-refractivity contribution >= 4 is 0 Å². The van der Waals surface area contributed by atoms with Crippen LogP contribution in [-0.4, -0.2) is 41.8 Å². The summed E-state index contributed by atoms with van der Waals surface area (Å²) in [5, 5.41) is 0. The summed E-state index contributed by atoms with van der Waals surface area (Å²) in [6.45, 7) is 4.12. The molecule has 3 heterocycles. The van der Waals surface area contributed by atoms with Gasteiger partial charge in [-0.3, -0.25) is 9.88 Å². The molecule has 4 rings (SSSR count). The second kappa shape index (κ2) is 7.47. The maximum atomic E-state index is 6.01. The highest BCUT2D eigenvalue weighted by Gasteiger charge is 2.41. The molecule has 0 radical (unpaired) electrons. The summed E-state index contributed by atoms with van der Waals surface area (Å²) in [6.07, 6.45) is 7.93. The van der Waals surface area contributed by atoms with E-state index in [4.69, 9.17) is 13.9 Å². The van der Waals surface area contributed by atoms with Crippen molar-refractivity contribution in [2.24, 2.45) is 5.92 Å². The van der Waals surface area contributed by atoms with E-state index in [0.717, 1.165) is 44.9 Å². The van der Waals surface area contributed by atoms with E-state index in [1.165, 1.54) is 5.56 Å². The van der Waals surface area contributed by atoms with Gasteiger partial charge < -0.3 is 13.9 Å². The summed E-state index contributed by atoms with van der Waals surface area (Å²) >= 11 is 0. The maximum Gasteiger partial charge on any atom is 0.117 e. The van der Waals surface area contributed by atoms with Crippen LogP contribution in [-0.2, 0) is 22.6 Å². The average molecular weight is 328 g/mol. The van der Waals surface area contributed by atoms with Gasteiger partial charge in [-0.15, -0.1) is 0 Å². The first-order valence-corrected chi connectivity index (χ1v) is 8.73. The third-order valence-corrected chi connectivity index (χ3v) is 5.06. The number of furan rings is 1. The molecule has 2 aromatic heterocycles. The van der Waals surface area contributed by atoms with Gasteiger partial charge in [0.25, 0.3) is 0 Å². The van der Waals surface area contributed by atoms with Crippen LogP contribution >= 0.6 is 0 Å². The number of hydrogen-bond donors (Lipinski definition) is 0. The predicted molar refractivity (Wildman–Crippen MR) is 89.3 cm³/mol. The number of fused-ring (bicyclic) bond motifs is 1. The first-order chi connectivity index (χ1) is 11.9. The Morgan fingerprint density at radius 3 is 2.96 bits per heavy atom. The Hall–Kier alpha value is -1.69. The van der Waals surface area contributed by atoms with Crippen molar-refractivity contribution in [1.82, 2.24) is 9.88 Å². The lowest BCUT2D eigenvalue weighted by atomic mass is 10.1. The highest BCUT2D eigenvalue weighted by Crippen LogP contribution is 2.35. The van der Waals surface area contributed by atoms with Gasteiger partial charge >= 0.3 is 0 Å². The molecule has 1 saturated carbocycles. The molecule has 0 spiro atoms. The van der Waals surface area contributed by atoms with Gasteiger partial charge in [0.1, 0.15) is 5.76 Å². The number of nitrogens with zero attached hydrogens (tertiary/aromatic N) is 2. The Bertz CT molecular complexity index is 617. The minimum atomic E-state index is 0.336. The number of ether oxygens (including phenoxy) is 2. The molecule has 3 atom stereocenters. The van der Waals surface area contributed by atoms with Crippen molar-refractivity contribution in [2.45, 2.75) is 38.1 Å². The molecule has 0 aromatic carbocycles. The Morgan fingerprint density at radius 1 is 1.21 bits per heavy atom. The Kier molecular flexibility index (Phi) is 4.92. The number of pyridine rings is 1. The predicted octanol–water partition coefficient (Wildman–Crippen LogP) is 2.87. The van der Waals surface area contributed by atoms with Gasteiger partial charge in [-0.2, -0.15) is 0 Å². The molecule has 5 heteroatoms. The molecule has 5 nitrogen and oxygen atoms in total. The van der Waals surface area contributed by atoms with Crippen molar-refractivity contribution in [3.63, 3.8) is 0 Å². The lowest BCUT2D eigenvalue weighted by Gasteiger charge is -2.37. The second-order valence-electron chi connectivity index (χ2n) is 6.73. The zero-order chi connectivity index (χ0) is 16.2. The zero-order valence-corrected chi connectivity index (χ0v) is 13.8. The van der Waals surface area contributed by atoms with E-state index in [2.05, 4.69) is 16.0 Å². The monoisotopic (exact) mass is 328 g/mol. The van der Waals surface area contributed by atoms with E-state index in [1.807, 2.05) is 30.6 Å². The molecule has 1 saturated heterocycles. The maximum absolute atomic E-state index is 6.01. The topological polar surface area (TPSA) is 47.7 Å². The van der Waals surface area contributed by atoms with Gasteiger partial charge in [0.2, 0.25) is 0 Å². The van der Waals surface area contributed by atoms with Crippen molar-refractivity contribution in [1.29, 1.82) is 0 Å². The van der Waals surface area contributed by atoms with Crippen molar-refractivity contribution < 1.29 is 13.9 Å². The smallest absolute Gasteiger partial charge is 0.117 e. The molecule has 3 unspecified atom stereocenters. The molecular weight excluding hydrogens is 304 g/mol. The Balaban J connectivity index is 1.29.